The molecular formula is C45H25N5. The molecule has 0 unspecified atom stereocenters. The maximum absolute atomic E-state index is 10.1. The lowest BCUT2D eigenvalue weighted by Gasteiger charge is -2.20. The van der Waals surface area contributed by atoms with E-state index in [1.807, 2.05) is 84.9 Å². The van der Waals surface area contributed by atoms with Crippen LogP contribution in [0, 0.1) is 34.0 Å². The number of rotatable bonds is 4. The van der Waals surface area contributed by atoms with Crippen LogP contribution in [0.1, 0.15) is 16.7 Å². The summed E-state index contributed by atoms with van der Waals surface area (Å²) < 4.78 is 4.56. The molecule has 9 rings (SSSR count). The largest absolute Gasteiger partial charge is 0.309 e. The number of hydrogen-bond acceptors (Lipinski definition) is 3. The second-order valence-electron chi connectivity index (χ2n) is 12.3. The fourth-order valence-corrected chi connectivity index (χ4v) is 7.45. The molecule has 0 radical (unpaired) electrons. The van der Waals surface area contributed by atoms with Crippen LogP contribution < -0.4 is 0 Å². The van der Waals surface area contributed by atoms with Crippen LogP contribution in [0.3, 0.4) is 0 Å². The van der Waals surface area contributed by atoms with Gasteiger partial charge < -0.3 is 9.13 Å². The highest BCUT2D eigenvalue weighted by molar-refractivity contribution is 6.12. The Morgan fingerprint density at radius 1 is 0.360 bits per heavy atom. The van der Waals surface area contributed by atoms with Crippen LogP contribution in [0.5, 0.6) is 0 Å². The topological polar surface area (TPSA) is 81.2 Å². The SMILES string of the molecule is N#Cc1ccc2c(c1)c1ccccc1n2-c1ccccc1-c1cc(-c2ccccc2C#N)ccc1-n1c2ccccc2c2cc(C#N)ccc21. The van der Waals surface area contributed by atoms with Crippen LogP contribution in [0.4, 0.5) is 0 Å². The molecule has 0 aliphatic rings. The number of aromatic nitrogens is 2. The van der Waals surface area contributed by atoms with Gasteiger partial charge in [0.05, 0.1) is 68.3 Å². The Kier molecular flexibility index (Phi) is 6.56. The maximum Gasteiger partial charge on any atom is 0.0998 e. The van der Waals surface area contributed by atoms with Gasteiger partial charge in [0.1, 0.15) is 0 Å². The minimum Gasteiger partial charge on any atom is -0.309 e. The van der Waals surface area contributed by atoms with E-state index in [-0.39, 0.29) is 0 Å². The standard InChI is InChI=1S/C45H25N5/c46-26-29-17-20-43-37(23-29)34-11-3-6-14-40(34)49(43)42-16-8-5-13-36(42)39-25-31(33-10-2-1-9-32(33)28-48)19-22-45(39)50-41-15-7-4-12-35(41)38-24-30(27-47)18-21-44(38)50/h1-25H. The summed E-state index contributed by atoms with van der Waals surface area (Å²) in [5, 5.41) is 33.7. The lowest BCUT2D eigenvalue weighted by atomic mass is 9.94. The quantitative estimate of drug-likeness (QED) is 0.193. The number of nitrogens with zero attached hydrogens (tertiary/aromatic N) is 5. The molecule has 5 heteroatoms. The summed E-state index contributed by atoms with van der Waals surface area (Å²) in [4.78, 5) is 0. The first-order valence-corrected chi connectivity index (χ1v) is 16.3. The minimum atomic E-state index is 0.607. The van der Waals surface area contributed by atoms with Gasteiger partial charge in [-0.25, -0.2) is 0 Å². The molecule has 7 aromatic carbocycles. The lowest BCUT2D eigenvalue weighted by Crippen LogP contribution is -2.02. The maximum atomic E-state index is 10.1. The van der Waals surface area contributed by atoms with E-state index < -0.39 is 0 Å². The average Bonchev–Trinajstić information content (AvgIpc) is 3.69. The van der Waals surface area contributed by atoms with Gasteiger partial charge in [-0.3, -0.25) is 0 Å². The molecule has 50 heavy (non-hydrogen) atoms. The number of hydrogen-bond donors (Lipinski definition) is 0. The second kappa shape index (κ2) is 11.4. The summed E-state index contributed by atoms with van der Waals surface area (Å²) in [6, 6.07) is 57.9. The van der Waals surface area contributed by atoms with Crippen molar-refractivity contribution in [2.24, 2.45) is 0 Å². The molecule has 0 saturated heterocycles. The van der Waals surface area contributed by atoms with Gasteiger partial charge in [0, 0.05) is 32.7 Å². The number of benzene rings is 7. The average molecular weight is 636 g/mol. The first-order chi connectivity index (χ1) is 24.7. The van der Waals surface area contributed by atoms with Gasteiger partial charge in [0.2, 0.25) is 0 Å². The normalized spacial score (nSPS) is 11.1. The summed E-state index contributed by atoms with van der Waals surface area (Å²) >= 11 is 0. The molecule has 0 saturated carbocycles. The fraction of sp³-hybridized carbons (Fsp3) is 0. The zero-order chi connectivity index (χ0) is 33.8. The van der Waals surface area contributed by atoms with Crippen LogP contribution >= 0.6 is 0 Å². The van der Waals surface area contributed by atoms with E-state index >= 15 is 0 Å². The summed E-state index contributed by atoms with van der Waals surface area (Å²) in [6.45, 7) is 0. The molecule has 0 bridgehead atoms. The Bertz CT molecular complexity index is 2970. The molecule has 2 heterocycles. The summed E-state index contributed by atoms with van der Waals surface area (Å²) in [7, 11) is 0. The zero-order valence-electron chi connectivity index (χ0n) is 26.7. The second-order valence-corrected chi connectivity index (χ2v) is 12.3. The highest BCUT2D eigenvalue weighted by atomic mass is 15.0. The molecule has 230 valence electrons. The Morgan fingerprint density at radius 2 is 0.860 bits per heavy atom. The Balaban J connectivity index is 1.41. The molecule has 2 aromatic heterocycles. The minimum absolute atomic E-state index is 0.607. The Morgan fingerprint density at radius 3 is 1.46 bits per heavy atom. The summed E-state index contributed by atoms with van der Waals surface area (Å²) in [5.41, 5.74) is 11.7. The highest BCUT2D eigenvalue weighted by Gasteiger charge is 2.21. The molecule has 0 aliphatic carbocycles. The molecule has 9 aromatic rings. The van der Waals surface area contributed by atoms with Crippen molar-refractivity contribution in [3.63, 3.8) is 0 Å². The third-order valence-electron chi connectivity index (χ3n) is 9.63. The molecule has 0 aliphatic heterocycles. The molecule has 0 amide bonds. The van der Waals surface area contributed by atoms with Crippen molar-refractivity contribution < 1.29 is 0 Å². The van der Waals surface area contributed by atoms with E-state index in [1.54, 1.807) is 0 Å². The van der Waals surface area contributed by atoms with E-state index in [2.05, 4.69) is 94.1 Å². The van der Waals surface area contributed by atoms with Crippen molar-refractivity contribution in [3.05, 3.63) is 168 Å². The number of nitriles is 3. The molecule has 5 nitrogen and oxygen atoms in total. The first-order valence-electron chi connectivity index (χ1n) is 16.3. The van der Waals surface area contributed by atoms with Crippen LogP contribution in [-0.4, -0.2) is 9.13 Å². The summed E-state index contributed by atoms with van der Waals surface area (Å²) in [5.74, 6) is 0. The van der Waals surface area contributed by atoms with Crippen LogP contribution in [0.2, 0.25) is 0 Å². The van der Waals surface area contributed by atoms with Crippen LogP contribution in [-0.2, 0) is 0 Å². The summed E-state index contributed by atoms with van der Waals surface area (Å²) in [6.07, 6.45) is 0. The van der Waals surface area contributed by atoms with Gasteiger partial charge in [0.25, 0.3) is 0 Å². The van der Waals surface area contributed by atoms with Crippen molar-refractivity contribution >= 4 is 43.6 Å². The van der Waals surface area contributed by atoms with Crippen LogP contribution in [0.15, 0.2) is 152 Å². The first kappa shape index (κ1) is 28.8. The van der Waals surface area contributed by atoms with Crippen molar-refractivity contribution in [3.8, 4) is 51.8 Å². The van der Waals surface area contributed by atoms with Gasteiger partial charge in [0.15, 0.2) is 0 Å². The van der Waals surface area contributed by atoms with E-state index in [9.17, 15) is 15.8 Å². The predicted octanol–water partition coefficient (Wildman–Crippen LogP) is 10.8. The predicted molar refractivity (Wildman–Crippen MR) is 200 cm³/mol. The van der Waals surface area contributed by atoms with Crippen molar-refractivity contribution in [1.82, 2.24) is 9.13 Å². The van der Waals surface area contributed by atoms with Gasteiger partial charge in [-0.1, -0.05) is 78.9 Å². The third kappa shape index (κ3) is 4.31. The zero-order valence-corrected chi connectivity index (χ0v) is 26.7. The molecule has 0 spiro atoms. The van der Waals surface area contributed by atoms with Crippen LogP contribution in [0.25, 0.3) is 77.2 Å². The molecule has 0 N–H and O–H groups in total. The van der Waals surface area contributed by atoms with E-state index in [1.165, 1.54) is 0 Å². The van der Waals surface area contributed by atoms with E-state index in [4.69, 9.17) is 0 Å². The third-order valence-corrected chi connectivity index (χ3v) is 9.63. The molecule has 0 atom stereocenters. The van der Waals surface area contributed by atoms with Gasteiger partial charge >= 0.3 is 0 Å². The van der Waals surface area contributed by atoms with Crippen molar-refractivity contribution in [1.29, 1.82) is 15.8 Å². The van der Waals surface area contributed by atoms with E-state index in [0.717, 1.165) is 77.2 Å². The van der Waals surface area contributed by atoms with E-state index in [0.29, 0.717) is 16.7 Å². The van der Waals surface area contributed by atoms with Gasteiger partial charge in [-0.05, 0) is 83.9 Å². The number of para-hydroxylation sites is 3. The Hall–Kier alpha value is -7.39. The highest BCUT2D eigenvalue weighted by Crippen LogP contribution is 2.42. The molecule has 0 fully saturated rings. The van der Waals surface area contributed by atoms with Gasteiger partial charge in [-0.2, -0.15) is 15.8 Å². The molecular weight excluding hydrogens is 611 g/mol. The van der Waals surface area contributed by atoms with Crippen molar-refractivity contribution in [2.45, 2.75) is 0 Å². The van der Waals surface area contributed by atoms with Crippen molar-refractivity contribution in [2.75, 3.05) is 0 Å². The Labute approximate surface area is 287 Å². The number of fused-ring (bicyclic) bond motifs is 6. The smallest absolute Gasteiger partial charge is 0.0998 e. The lowest BCUT2D eigenvalue weighted by molar-refractivity contribution is 1.16. The van der Waals surface area contributed by atoms with Gasteiger partial charge in [-0.15, -0.1) is 0 Å². The monoisotopic (exact) mass is 635 g/mol. The fourth-order valence-electron chi connectivity index (χ4n) is 7.45.